The van der Waals surface area contributed by atoms with Gasteiger partial charge >= 0.3 is 23.9 Å². The van der Waals surface area contributed by atoms with Crippen LogP contribution in [0.5, 0.6) is 0 Å². The third-order valence-corrected chi connectivity index (χ3v) is 9.00. The Bertz CT molecular complexity index is 462. The molecule has 0 aliphatic rings. The number of hydrogen-bond acceptors (Lipinski definition) is 3. The van der Waals surface area contributed by atoms with Crippen molar-refractivity contribution in [2.24, 2.45) is 0 Å². The zero-order valence-electron chi connectivity index (χ0n) is 30.0. The number of rotatable bonds is 38. The van der Waals surface area contributed by atoms with Gasteiger partial charge in [0.1, 0.15) is 6.10 Å². The molecule has 0 spiro atoms. The van der Waals surface area contributed by atoms with Crippen molar-refractivity contribution in [3.63, 3.8) is 0 Å². The molecule has 43 heavy (non-hydrogen) atoms. The summed E-state index contributed by atoms with van der Waals surface area (Å²) in [5.41, 5.74) is 0. The number of unbranched alkanes of at least 4 members (excludes halogenated alkanes) is 30. The molecule has 0 aliphatic carbocycles. The van der Waals surface area contributed by atoms with Crippen LogP contribution in [0, 0.1) is 0 Å². The monoisotopic (exact) mass is 719 g/mol. The normalized spacial score (nSPS) is 12.1. The summed E-state index contributed by atoms with van der Waals surface area (Å²) >= 11 is 0. The van der Waals surface area contributed by atoms with Crippen LogP contribution in [0.1, 0.15) is 219 Å². The van der Waals surface area contributed by atoms with Gasteiger partial charge in [0.25, 0.3) is 0 Å². The van der Waals surface area contributed by atoms with E-state index in [0.717, 1.165) is 26.1 Å². The Balaban J connectivity index is 0. The van der Waals surface area contributed by atoms with E-state index in [2.05, 4.69) is 13.8 Å². The molecule has 1 atom stereocenters. The van der Waals surface area contributed by atoms with Crippen LogP contribution in [0.2, 0.25) is 0 Å². The van der Waals surface area contributed by atoms with E-state index in [4.69, 9.17) is 9.47 Å². The van der Waals surface area contributed by atoms with Gasteiger partial charge in [-0.05, 0) is 12.8 Å². The van der Waals surface area contributed by atoms with E-state index in [9.17, 15) is 5.11 Å². The molecule has 3 nitrogen and oxygen atoms in total. The molecule has 2 radical (unpaired) electrons. The van der Waals surface area contributed by atoms with Crippen molar-refractivity contribution >= 4 is 23.9 Å². The number of ether oxygens (including phenoxy) is 2. The topological polar surface area (TPSA) is 38.7 Å². The third kappa shape index (κ3) is 40.7. The van der Waals surface area contributed by atoms with Crippen molar-refractivity contribution in [3.8, 4) is 0 Å². The molecule has 0 saturated heterocycles. The predicted octanol–water partition coefficient (Wildman–Crippen LogP) is 12.0. The molecular weight excluding hydrogens is 635 g/mol. The molecule has 1 N–H and O–H groups in total. The second kappa shape index (κ2) is 42.7. The van der Waals surface area contributed by atoms with Crippen LogP contribution >= 0.6 is 0 Å². The molecule has 0 amide bonds. The van der Waals surface area contributed by atoms with E-state index in [1.165, 1.54) is 193 Å². The molecule has 0 aromatic rings. The van der Waals surface area contributed by atoms with Gasteiger partial charge in [-0.2, -0.15) is 0 Å². The van der Waals surface area contributed by atoms with Gasteiger partial charge in [0.15, 0.2) is 0 Å². The van der Waals surface area contributed by atoms with Crippen LogP contribution in [0.4, 0.5) is 0 Å². The molecule has 0 aromatic heterocycles. The summed E-state index contributed by atoms with van der Waals surface area (Å²) in [7, 11) is 0. The van der Waals surface area contributed by atoms with Crippen LogP contribution < -0.4 is 0 Å². The summed E-state index contributed by atoms with van der Waals surface area (Å²) in [6.45, 7) is 6.75. The number of aliphatic hydroxyl groups is 1. The predicted molar refractivity (Wildman–Crippen MR) is 195 cm³/mol. The quantitative estimate of drug-likeness (QED) is 0.0510. The number of hydrogen-bond donors (Lipinski definition) is 1. The van der Waals surface area contributed by atoms with Crippen molar-refractivity contribution < 1.29 is 14.6 Å². The first-order valence-electron chi connectivity index (χ1n) is 19.6. The van der Waals surface area contributed by atoms with Crippen LogP contribution in [0.3, 0.4) is 0 Å². The average Bonchev–Trinajstić information content (AvgIpc) is 3.00. The second-order valence-electron chi connectivity index (χ2n) is 13.4. The van der Waals surface area contributed by atoms with E-state index in [0.29, 0.717) is 6.61 Å². The molecule has 0 saturated carbocycles. The molecule has 4 heteroatoms. The van der Waals surface area contributed by atoms with Gasteiger partial charge < -0.3 is 14.6 Å². The molecular formula is C39H82O3Sn. The molecule has 0 rings (SSSR count). The summed E-state index contributed by atoms with van der Waals surface area (Å²) in [6, 6.07) is 0. The first-order chi connectivity index (χ1) is 20.8. The van der Waals surface area contributed by atoms with Crippen LogP contribution in [-0.4, -0.2) is 61.5 Å². The van der Waals surface area contributed by atoms with Crippen molar-refractivity contribution in [1.82, 2.24) is 0 Å². The summed E-state index contributed by atoms with van der Waals surface area (Å²) in [5, 5.41) is 9.60. The maximum atomic E-state index is 9.60. The Morgan fingerprint density at radius 2 is 0.628 bits per heavy atom. The first-order valence-corrected chi connectivity index (χ1v) is 19.6. The first kappa shape index (κ1) is 45.8. The summed E-state index contributed by atoms with van der Waals surface area (Å²) in [5.74, 6) is 0. The fraction of sp³-hybridized carbons (Fsp3) is 1.00. The zero-order valence-corrected chi connectivity index (χ0v) is 34.0. The van der Waals surface area contributed by atoms with Crippen LogP contribution in [0.25, 0.3) is 0 Å². The third-order valence-electron chi connectivity index (χ3n) is 9.00. The van der Waals surface area contributed by atoms with Gasteiger partial charge in [-0.1, -0.05) is 206 Å². The summed E-state index contributed by atoms with van der Waals surface area (Å²) in [4.78, 5) is 0. The Morgan fingerprint density at radius 1 is 0.372 bits per heavy atom. The van der Waals surface area contributed by atoms with Crippen LogP contribution in [-0.2, 0) is 9.47 Å². The van der Waals surface area contributed by atoms with Crippen molar-refractivity contribution in [2.75, 3.05) is 26.4 Å². The molecule has 0 aliphatic heterocycles. The maximum absolute atomic E-state index is 9.60. The van der Waals surface area contributed by atoms with Gasteiger partial charge in [0.05, 0.1) is 13.2 Å². The minimum atomic E-state index is -0.151. The summed E-state index contributed by atoms with van der Waals surface area (Å²) in [6.07, 6.45) is 44.3. The van der Waals surface area contributed by atoms with Gasteiger partial charge in [0, 0.05) is 13.2 Å². The Morgan fingerprint density at radius 3 is 0.907 bits per heavy atom. The molecule has 0 heterocycles. The molecule has 0 fully saturated rings. The van der Waals surface area contributed by atoms with Crippen LogP contribution in [0.15, 0.2) is 0 Å². The van der Waals surface area contributed by atoms with Gasteiger partial charge in [-0.15, -0.1) is 0 Å². The standard InChI is InChI=1S/C39H80O3.Sn.2H/c1-3-5-7-9-11-13-15-17-19-21-23-25-27-29-31-33-35-41-38-39(37-40)42-36-34-32-30-28-26-24-22-20-18-16-14-12-10-8-6-4-2;;;/h39-40H,3-38H2,1-2H3;;;. The Hall–Kier alpha value is 0.679. The number of aliphatic hydroxyl groups excluding tert-OH is 1. The SMILES string of the molecule is CCCCCCCCCCCCCCCCCCOCC(CO)OCCCCCCCCCCCCCCCCCC.[SnH2]. The molecule has 0 bridgehead atoms. The molecule has 260 valence electrons. The zero-order chi connectivity index (χ0) is 30.4. The van der Waals surface area contributed by atoms with Crippen molar-refractivity contribution in [2.45, 2.75) is 225 Å². The van der Waals surface area contributed by atoms with Gasteiger partial charge in [0.2, 0.25) is 0 Å². The Kier molecular flexibility index (Phi) is 45.5. The minimum absolute atomic E-state index is 0. The Labute approximate surface area is 289 Å². The fourth-order valence-corrected chi connectivity index (χ4v) is 6.02. The fourth-order valence-electron chi connectivity index (χ4n) is 6.02. The van der Waals surface area contributed by atoms with E-state index in [1.54, 1.807) is 0 Å². The molecule has 0 aromatic carbocycles. The van der Waals surface area contributed by atoms with E-state index < -0.39 is 0 Å². The van der Waals surface area contributed by atoms with Crippen molar-refractivity contribution in [1.29, 1.82) is 0 Å². The second-order valence-corrected chi connectivity index (χ2v) is 13.4. The summed E-state index contributed by atoms with van der Waals surface area (Å²) < 4.78 is 11.7. The van der Waals surface area contributed by atoms with Gasteiger partial charge in [-0.3, -0.25) is 0 Å². The van der Waals surface area contributed by atoms with Crippen molar-refractivity contribution in [3.05, 3.63) is 0 Å². The van der Waals surface area contributed by atoms with Gasteiger partial charge in [-0.25, -0.2) is 0 Å². The van der Waals surface area contributed by atoms with E-state index in [1.807, 2.05) is 0 Å². The molecule has 1 unspecified atom stereocenters. The van der Waals surface area contributed by atoms with E-state index >= 15 is 0 Å². The average molecular weight is 718 g/mol. The van der Waals surface area contributed by atoms with E-state index in [-0.39, 0.29) is 36.6 Å².